The van der Waals surface area contributed by atoms with Crippen LogP contribution in [0.2, 0.25) is 0 Å². The predicted molar refractivity (Wildman–Crippen MR) is 132 cm³/mol. The molecule has 0 amide bonds. The SMILES string of the molecule is CCOCc1ccc(C2CCC(/C=C/c3ccc(C4CCC(C)CC4)c(F)c3F)CC2)cc1F. The maximum atomic E-state index is 14.8. The largest absolute Gasteiger partial charge is 0.377 e. The van der Waals surface area contributed by atoms with Crippen molar-refractivity contribution in [2.24, 2.45) is 11.8 Å². The molecule has 0 bridgehead atoms. The molecular formula is C30H37F3O. The van der Waals surface area contributed by atoms with Crippen molar-refractivity contribution in [3.05, 3.63) is 76.1 Å². The van der Waals surface area contributed by atoms with Crippen LogP contribution >= 0.6 is 0 Å². The zero-order chi connectivity index (χ0) is 24.1. The Morgan fingerprint density at radius 1 is 0.853 bits per heavy atom. The van der Waals surface area contributed by atoms with E-state index in [1.54, 1.807) is 24.3 Å². The average molecular weight is 471 g/mol. The second-order valence-corrected chi connectivity index (χ2v) is 10.3. The Morgan fingerprint density at radius 3 is 2.24 bits per heavy atom. The Kier molecular flexibility index (Phi) is 8.52. The van der Waals surface area contributed by atoms with Gasteiger partial charge < -0.3 is 4.74 Å². The lowest BCUT2D eigenvalue weighted by molar-refractivity contribution is 0.131. The van der Waals surface area contributed by atoms with Crippen LogP contribution in [0.3, 0.4) is 0 Å². The standard InChI is InChI=1S/C30H37F3O/c1-3-34-19-26-15-14-25(18-28(26)31)22-11-6-21(7-12-22)8-13-24-16-17-27(30(33)29(24)32)23-9-4-20(2)5-10-23/h8,13-18,20-23H,3-7,9-12,19H2,1-2H3/b13-8+. The number of ether oxygens (including phenoxy) is 1. The monoisotopic (exact) mass is 470 g/mol. The van der Waals surface area contributed by atoms with Gasteiger partial charge >= 0.3 is 0 Å². The molecule has 0 atom stereocenters. The number of benzene rings is 2. The Morgan fingerprint density at radius 2 is 1.56 bits per heavy atom. The van der Waals surface area contributed by atoms with E-state index in [0.717, 1.165) is 56.9 Å². The van der Waals surface area contributed by atoms with Gasteiger partial charge in [-0.1, -0.05) is 56.2 Å². The summed E-state index contributed by atoms with van der Waals surface area (Å²) < 4.78 is 49.4. The normalized spacial score (nSPS) is 25.7. The minimum absolute atomic E-state index is 0.136. The van der Waals surface area contributed by atoms with Crippen LogP contribution in [0.15, 0.2) is 36.4 Å². The topological polar surface area (TPSA) is 9.23 Å². The zero-order valence-electron chi connectivity index (χ0n) is 20.5. The summed E-state index contributed by atoms with van der Waals surface area (Å²) in [5.41, 5.74) is 2.52. The molecule has 4 rings (SSSR count). The quantitative estimate of drug-likeness (QED) is 0.392. The summed E-state index contributed by atoms with van der Waals surface area (Å²) in [5.74, 6) is -0.0925. The van der Waals surface area contributed by atoms with E-state index in [9.17, 15) is 13.2 Å². The van der Waals surface area contributed by atoms with Crippen molar-refractivity contribution in [1.82, 2.24) is 0 Å². The van der Waals surface area contributed by atoms with E-state index >= 15 is 0 Å². The first-order chi connectivity index (χ1) is 16.5. The van der Waals surface area contributed by atoms with Crippen molar-refractivity contribution in [3.63, 3.8) is 0 Å². The first-order valence-corrected chi connectivity index (χ1v) is 13.0. The highest BCUT2D eigenvalue weighted by atomic mass is 19.2. The number of hydrogen-bond acceptors (Lipinski definition) is 1. The van der Waals surface area contributed by atoms with Crippen LogP contribution in [0.25, 0.3) is 6.08 Å². The second-order valence-electron chi connectivity index (χ2n) is 10.3. The fourth-order valence-electron chi connectivity index (χ4n) is 5.63. The lowest BCUT2D eigenvalue weighted by Crippen LogP contribution is -2.13. The molecule has 184 valence electrons. The first kappa shape index (κ1) is 25.0. The van der Waals surface area contributed by atoms with Gasteiger partial charge in [-0.05, 0) is 86.3 Å². The summed E-state index contributed by atoms with van der Waals surface area (Å²) in [6.45, 7) is 5.00. The van der Waals surface area contributed by atoms with E-state index in [1.807, 2.05) is 25.1 Å². The number of hydrogen-bond donors (Lipinski definition) is 0. The number of halogens is 3. The molecule has 2 saturated carbocycles. The highest BCUT2D eigenvalue weighted by molar-refractivity contribution is 5.52. The summed E-state index contributed by atoms with van der Waals surface area (Å²) >= 11 is 0. The van der Waals surface area contributed by atoms with Gasteiger partial charge in [0.2, 0.25) is 0 Å². The van der Waals surface area contributed by atoms with E-state index in [-0.39, 0.29) is 11.7 Å². The lowest BCUT2D eigenvalue weighted by Gasteiger charge is -2.27. The summed E-state index contributed by atoms with van der Waals surface area (Å²) in [6, 6.07) is 9.04. The molecule has 2 aromatic rings. The summed E-state index contributed by atoms with van der Waals surface area (Å²) in [6.07, 6.45) is 11.7. The minimum atomic E-state index is -0.719. The fourth-order valence-corrected chi connectivity index (χ4v) is 5.63. The Labute approximate surface area is 202 Å². The molecule has 2 fully saturated rings. The third-order valence-electron chi connectivity index (χ3n) is 7.93. The smallest absolute Gasteiger partial charge is 0.166 e. The van der Waals surface area contributed by atoms with Crippen molar-refractivity contribution in [2.75, 3.05) is 6.61 Å². The third-order valence-corrected chi connectivity index (χ3v) is 7.93. The molecule has 0 heterocycles. The van der Waals surface area contributed by atoms with Crippen molar-refractivity contribution in [2.45, 2.75) is 83.7 Å². The predicted octanol–water partition coefficient (Wildman–Crippen LogP) is 8.92. The molecule has 0 aromatic heterocycles. The van der Waals surface area contributed by atoms with E-state index in [2.05, 4.69) is 6.92 Å². The van der Waals surface area contributed by atoms with Gasteiger partial charge in [-0.15, -0.1) is 0 Å². The van der Waals surface area contributed by atoms with E-state index in [4.69, 9.17) is 4.74 Å². The van der Waals surface area contributed by atoms with Crippen molar-refractivity contribution in [3.8, 4) is 0 Å². The maximum absolute atomic E-state index is 14.8. The number of rotatable bonds is 7. The molecule has 0 aliphatic heterocycles. The van der Waals surface area contributed by atoms with Crippen molar-refractivity contribution in [1.29, 1.82) is 0 Å². The Hall–Kier alpha value is -2.07. The summed E-state index contributed by atoms with van der Waals surface area (Å²) in [4.78, 5) is 0. The zero-order valence-corrected chi connectivity index (χ0v) is 20.5. The lowest BCUT2D eigenvalue weighted by atomic mass is 9.78. The molecule has 2 aliphatic rings. The van der Waals surface area contributed by atoms with Gasteiger partial charge in [-0.2, -0.15) is 0 Å². The van der Waals surface area contributed by atoms with Crippen LogP contribution in [-0.4, -0.2) is 6.61 Å². The van der Waals surface area contributed by atoms with Crippen LogP contribution in [0.5, 0.6) is 0 Å². The highest BCUT2D eigenvalue weighted by Gasteiger charge is 2.25. The molecule has 34 heavy (non-hydrogen) atoms. The van der Waals surface area contributed by atoms with Crippen LogP contribution in [0.4, 0.5) is 13.2 Å². The van der Waals surface area contributed by atoms with Gasteiger partial charge in [0.25, 0.3) is 0 Å². The van der Waals surface area contributed by atoms with Gasteiger partial charge in [0.15, 0.2) is 11.6 Å². The molecular weight excluding hydrogens is 433 g/mol. The molecule has 2 aliphatic carbocycles. The van der Waals surface area contributed by atoms with Crippen LogP contribution < -0.4 is 0 Å². The van der Waals surface area contributed by atoms with Gasteiger partial charge in [0.1, 0.15) is 5.82 Å². The second kappa shape index (κ2) is 11.6. The van der Waals surface area contributed by atoms with Crippen LogP contribution in [-0.2, 0) is 11.3 Å². The van der Waals surface area contributed by atoms with Crippen LogP contribution in [0.1, 0.15) is 99.3 Å². The maximum Gasteiger partial charge on any atom is 0.166 e. The molecule has 0 radical (unpaired) electrons. The Bertz CT molecular complexity index is 983. The third kappa shape index (κ3) is 5.94. The van der Waals surface area contributed by atoms with E-state index in [0.29, 0.717) is 47.7 Å². The molecule has 4 heteroatoms. The van der Waals surface area contributed by atoms with E-state index < -0.39 is 11.6 Å². The Balaban J connectivity index is 1.34. The molecule has 0 saturated heterocycles. The van der Waals surface area contributed by atoms with Crippen molar-refractivity contribution >= 4 is 6.08 Å². The molecule has 0 unspecified atom stereocenters. The fraction of sp³-hybridized carbons (Fsp3) is 0.533. The van der Waals surface area contributed by atoms with Gasteiger partial charge in [0.05, 0.1) is 6.61 Å². The highest BCUT2D eigenvalue weighted by Crippen LogP contribution is 2.39. The molecule has 1 nitrogen and oxygen atoms in total. The molecule has 0 N–H and O–H groups in total. The van der Waals surface area contributed by atoms with Crippen molar-refractivity contribution < 1.29 is 17.9 Å². The van der Waals surface area contributed by atoms with E-state index in [1.165, 1.54) is 0 Å². The van der Waals surface area contributed by atoms with Gasteiger partial charge in [-0.25, -0.2) is 13.2 Å². The van der Waals surface area contributed by atoms with Gasteiger partial charge in [-0.3, -0.25) is 0 Å². The summed E-state index contributed by atoms with van der Waals surface area (Å²) in [7, 11) is 0. The number of allylic oxidation sites excluding steroid dienone is 1. The van der Waals surface area contributed by atoms with Gasteiger partial charge in [0, 0.05) is 17.7 Å². The van der Waals surface area contributed by atoms with Crippen LogP contribution in [0, 0.1) is 29.3 Å². The summed E-state index contributed by atoms with van der Waals surface area (Å²) in [5, 5.41) is 0. The molecule has 2 aromatic carbocycles. The molecule has 0 spiro atoms. The first-order valence-electron chi connectivity index (χ1n) is 13.0. The minimum Gasteiger partial charge on any atom is -0.377 e. The average Bonchev–Trinajstić information content (AvgIpc) is 2.85.